The van der Waals surface area contributed by atoms with E-state index < -0.39 is 26.1 Å². The number of amides is 1. The molecule has 0 aliphatic rings. The Labute approximate surface area is 202 Å². The Morgan fingerprint density at radius 3 is 2.17 bits per heavy atom. The molecule has 0 atom stereocenters. The number of anilines is 1. The molecule has 1 N–H and O–H groups in total. The van der Waals surface area contributed by atoms with Gasteiger partial charge in [-0.05, 0) is 61.5 Å². The molecule has 0 saturated heterocycles. The highest BCUT2D eigenvalue weighted by atomic mass is 32.2. The van der Waals surface area contributed by atoms with Gasteiger partial charge < -0.3 is 19.4 Å². The zero-order chi connectivity index (χ0) is 25.2. The molecule has 0 unspecified atom stereocenters. The summed E-state index contributed by atoms with van der Waals surface area (Å²) >= 11 is 0. The van der Waals surface area contributed by atoms with E-state index in [0.717, 1.165) is 5.56 Å². The fraction of sp³-hybridized carbons (Fsp3) is 0.154. The molecule has 35 heavy (non-hydrogen) atoms. The Morgan fingerprint density at radius 1 is 0.914 bits per heavy atom. The lowest BCUT2D eigenvalue weighted by Gasteiger charge is -2.15. The minimum absolute atomic E-state index is 0.00307. The van der Waals surface area contributed by atoms with E-state index in [1.54, 1.807) is 55.6 Å². The van der Waals surface area contributed by atoms with Crippen LogP contribution in [-0.2, 0) is 21.2 Å². The summed E-state index contributed by atoms with van der Waals surface area (Å²) in [6, 6.07) is 17.8. The van der Waals surface area contributed by atoms with E-state index in [2.05, 4.69) is 5.32 Å². The fourth-order valence-corrected chi connectivity index (χ4v) is 5.04. The molecule has 0 aliphatic carbocycles. The SMILES string of the molecule is COc1ccc(NC(=O)Cn2cc(S(=O)(=O)c3ccc(C)cc3)c(=O)c3cc(OC)ccc32)cc1. The number of methoxy groups -OCH3 is 2. The topological polar surface area (TPSA) is 104 Å². The molecule has 9 heteroatoms. The normalized spacial score (nSPS) is 11.3. The number of ether oxygens (including phenoxy) is 2. The van der Waals surface area contributed by atoms with Gasteiger partial charge in [0.15, 0.2) is 0 Å². The predicted octanol–water partition coefficient (Wildman–Crippen LogP) is 3.80. The summed E-state index contributed by atoms with van der Waals surface area (Å²) in [5.74, 6) is 0.651. The highest BCUT2D eigenvalue weighted by Crippen LogP contribution is 2.24. The van der Waals surface area contributed by atoms with Gasteiger partial charge in [0.2, 0.25) is 21.2 Å². The monoisotopic (exact) mass is 492 g/mol. The average molecular weight is 493 g/mol. The second-order valence-electron chi connectivity index (χ2n) is 7.93. The maximum absolute atomic E-state index is 13.4. The third-order valence-electron chi connectivity index (χ3n) is 5.56. The molecule has 180 valence electrons. The Hall–Kier alpha value is -4.11. The van der Waals surface area contributed by atoms with Crippen LogP contribution in [0.15, 0.2) is 87.5 Å². The average Bonchev–Trinajstić information content (AvgIpc) is 2.86. The number of pyridine rings is 1. The van der Waals surface area contributed by atoms with E-state index in [-0.39, 0.29) is 16.8 Å². The van der Waals surface area contributed by atoms with Crippen molar-refractivity contribution < 1.29 is 22.7 Å². The zero-order valence-electron chi connectivity index (χ0n) is 19.4. The number of nitrogens with one attached hydrogen (secondary N) is 1. The van der Waals surface area contributed by atoms with Crippen molar-refractivity contribution in [1.82, 2.24) is 4.57 Å². The van der Waals surface area contributed by atoms with Gasteiger partial charge in [0.05, 0.1) is 30.0 Å². The molecule has 4 aromatic rings. The van der Waals surface area contributed by atoms with Gasteiger partial charge in [0.25, 0.3) is 0 Å². The van der Waals surface area contributed by atoms with Crippen LogP contribution in [0.25, 0.3) is 10.9 Å². The summed E-state index contributed by atoms with van der Waals surface area (Å²) in [5.41, 5.74) is 1.19. The second-order valence-corrected chi connectivity index (χ2v) is 9.84. The van der Waals surface area contributed by atoms with Crippen LogP contribution in [0.2, 0.25) is 0 Å². The summed E-state index contributed by atoms with van der Waals surface area (Å²) in [6.45, 7) is 1.62. The van der Waals surface area contributed by atoms with Gasteiger partial charge in [0, 0.05) is 11.9 Å². The van der Waals surface area contributed by atoms with E-state index in [4.69, 9.17) is 9.47 Å². The molecule has 3 aromatic carbocycles. The molecule has 1 aromatic heterocycles. The lowest BCUT2D eigenvalue weighted by molar-refractivity contribution is -0.116. The van der Waals surface area contributed by atoms with Crippen molar-refractivity contribution in [3.63, 3.8) is 0 Å². The highest BCUT2D eigenvalue weighted by Gasteiger charge is 2.24. The quantitative estimate of drug-likeness (QED) is 0.421. The third kappa shape index (κ3) is 4.90. The van der Waals surface area contributed by atoms with E-state index in [9.17, 15) is 18.0 Å². The van der Waals surface area contributed by atoms with Crippen molar-refractivity contribution in [2.24, 2.45) is 0 Å². The molecule has 4 rings (SSSR count). The van der Waals surface area contributed by atoms with Crippen LogP contribution in [0.3, 0.4) is 0 Å². The number of benzene rings is 3. The standard InChI is InChI=1S/C26H24N2O6S/c1-17-4-11-21(12-5-17)35(31,32)24-15-28(23-13-10-20(34-3)14-22(23)26(24)30)16-25(29)27-18-6-8-19(33-2)9-7-18/h4-15H,16H2,1-3H3,(H,27,29). The largest absolute Gasteiger partial charge is 0.497 e. The first-order valence-electron chi connectivity index (χ1n) is 10.7. The number of hydrogen-bond donors (Lipinski definition) is 1. The number of carbonyl (C=O) groups excluding carboxylic acids is 1. The van der Waals surface area contributed by atoms with Crippen LogP contribution in [-0.4, -0.2) is 33.1 Å². The Balaban J connectivity index is 1.80. The van der Waals surface area contributed by atoms with Crippen LogP contribution in [0.4, 0.5) is 5.69 Å². The van der Waals surface area contributed by atoms with Gasteiger partial charge in [-0.3, -0.25) is 9.59 Å². The summed E-state index contributed by atoms with van der Waals surface area (Å²) in [7, 11) is -1.14. The van der Waals surface area contributed by atoms with Crippen molar-refractivity contribution in [2.75, 3.05) is 19.5 Å². The van der Waals surface area contributed by atoms with Gasteiger partial charge in [0.1, 0.15) is 22.9 Å². The van der Waals surface area contributed by atoms with Gasteiger partial charge in [-0.2, -0.15) is 0 Å². The number of carbonyl (C=O) groups is 1. The molecule has 0 spiro atoms. The first-order valence-corrected chi connectivity index (χ1v) is 12.2. The molecule has 0 bridgehead atoms. The molecule has 1 amide bonds. The number of nitrogens with zero attached hydrogens (tertiary/aromatic N) is 1. The van der Waals surface area contributed by atoms with Crippen LogP contribution in [0.5, 0.6) is 11.5 Å². The van der Waals surface area contributed by atoms with E-state index >= 15 is 0 Å². The molecule has 0 fully saturated rings. The number of sulfone groups is 1. The van der Waals surface area contributed by atoms with Crippen LogP contribution < -0.4 is 20.2 Å². The maximum atomic E-state index is 13.4. The molecule has 1 heterocycles. The van der Waals surface area contributed by atoms with Gasteiger partial charge >= 0.3 is 0 Å². The lowest BCUT2D eigenvalue weighted by Crippen LogP contribution is -2.24. The third-order valence-corrected chi connectivity index (χ3v) is 7.33. The van der Waals surface area contributed by atoms with Crippen molar-refractivity contribution in [2.45, 2.75) is 23.3 Å². The highest BCUT2D eigenvalue weighted by molar-refractivity contribution is 7.91. The molecular formula is C26H24N2O6S. The van der Waals surface area contributed by atoms with Gasteiger partial charge in [-0.1, -0.05) is 17.7 Å². The summed E-state index contributed by atoms with van der Waals surface area (Å²) < 4.78 is 38.6. The second kappa shape index (κ2) is 9.63. The maximum Gasteiger partial charge on any atom is 0.244 e. The number of rotatable bonds is 7. The number of fused-ring (bicyclic) bond motifs is 1. The lowest BCUT2D eigenvalue weighted by atomic mass is 10.2. The minimum atomic E-state index is -4.14. The Bertz CT molecular complexity index is 1560. The Kier molecular flexibility index (Phi) is 6.61. The minimum Gasteiger partial charge on any atom is -0.497 e. The smallest absolute Gasteiger partial charge is 0.244 e. The fourth-order valence-electron chi connectivity index (χ4n) is 3.67. The molecule has 0 aliphatic heterocycles. The van der Waals surface area contributed by atoms with E-state index in [1.807, 2.05) is 6.92 Å². The number of aryl methyl sites for hydroxylation is 1. The van der Waals surface area contributed by atoms with Crippen LogP contribution >= 0.6 is 0 Å². The number of aromatic nitrogens is 1. The summed E-state index contributed by atoms with van der Waals surface area (Å²) in [5, 5.41) is 2.91. The Morgan fingerprint density at radius 2 is 1.54 bits per heavy atom. The van der Waals surface area contributed by atoms with E-state index in [1.165, 1.54) is 36.1 Å². The molecular weight excluding hydrogens is 468 g/mol. The zero-order valence-corrected chi connectivity index (χ0v) is 20.3. The predicted molar refractivity (Wildman–Crippen MR) is 133 cm³/mol. The van der Waals surface area contributed by atoms with Gasteiger partial charge in [-0.25, -0.2) is 8.42 Å². The van der Waals surface area contributed by atoms with Crippen molar-refractivity contribution in [3.05, 3.63) is 88.7 Å². The number of hydrogen-bond acceptors (Lipinski definition) is 6. The van der Waals surface area contributed by atoms with Crippen molar-refractivity contribution in [1.29, 1.82) is 0 Å². The van der Waals surface area contributed by atoms with Crippen molar-refractivity contribution in [3.8, 4) is 11.5 Å². The summed E-state index contributed by atoms with van der Waals surface area (Å²) in [4.78, 5) is 25.7. The summed E-state index contributed by atoms with van der Waals surface area (Å²) in [6.07, 6.45) is 1.22. The molecule has 8 nitrogen and oxygen atoms in total. The molecule has 0 saturated carbocycles. The first kappa shape index (κ1) is 24.0. The molecule has 0 radical (unpaired) electrons. The van der Waals surface area contributed by atoms with Crippen LogP contribution in [0.1, 0.15) is 5.56 Å². The van der Waals surface area contributed by atoms with Gasteiger partial charge in [-0.15, -0.1) is 0 Å². The van der Waals surface area contributed by atoms with E-state index in [0.29, 0.717) is 22.7 Å². The van der Waals surface area contributed by atoms with Crippen molar-refractivity contribution >= 4 is 32.3 Å². The van der Waals surface area contributed by atoms with Crippen LogP contribution in [0, 0.1) is 6.92 Å². The first-order chi connectivity index (χ1) is 16.7.